The lowest BCUT2D eigenvalue weighted by molar-refractivity contribution is -0.140. The average Bonchev–Trinajstić information content (AvgIpc) is 2.94. The van der Waals surface area contributed by atoms with Gasteiger partial charge in [-0.05, 0) is 11.1 Å². The molecule has 39 heavy (non-hydrogen) atoms. The van der Waals surface area contributed by atoms with Crippen LogP contribution in [0.5, 0.6) is 0 Å². The Kier molecular flexibility index (Phi) is 25.8. The van der Waals surface area contributed by atoms with Gasteiger partial charge in [0.15, 0.2) is 0 Å². The van der Waals surface area contributed by atoms with Gasteiger partial charge in [0.05, 0.1) is 6.61 Å². The number of aliphatic hydroxyl groups excluding tert-OH is 1. The van der Waals surface area contributed by atoms with E-state index in [4.69, 9.17) is 10.2 Å². The van der Waals surface area contributed by atoms with Crippen LogP contribution >= 0.6 is 50.5 Å². The Morgan fingerprint density at radius 2 is 1.15 bits per heavy atom. The molecule has 0 aliphatic rings. The molecule has 0 aliphatic heterocycles. The van der Waals surface area contributed by atoms with Crippen LogP contribution in [-0.2, 0) is 31.5 Å². The molecule has 5 N–H and O–H groups in total. The molecule has 0 bridgehead atoms. The summed E-state index contributed by atoms with van der Waals surface area (Å²) in [7, 11) is 0. The van der Waals surface area contributed by atoms with Crippen LogP contribution in [0.25, 0.3) is 0 Å². The van der Waals surface area contributed by atoms with Gasteiger partial charge >= 0.3 is 5.97 Å². The van der Waals surface area contributed by atoms with Crippen molar-refractivity contribution in [2.45, 2.75) is 38.2 Å². The van der Waals surface area contributed by atoms with Crippen LogP contribution in [0.2, 0.25) is 0 Å². The summed E-state index contributed by atoms with van der Waals surface area (Å²) in [5, 5.41) is 23.7. The highest BCUT2D eigenvalue weighted by atomic mass is 32.1. The molecule has 3 amide bonds. The van der Waals surface area contributed by atoms with E-state index < -0.39 is 18.1 Å². The van der Waals surface area contributed by atoms with E-state index in [-0.39, 0.29) is 35.8 Å². The maximum Gasteiger partial charge on any atom is 0.327 e. The van der Waals surface area contributed by atoms with Crippen molar-refractivity contribution in [3.05, 3.63) is 71.8 Å². The van der Waals surface area contributed by atoms with Crippen molar-refractivity contribution in [2.24, 2.45) is 0 Å². The molecule has 218 valence electrons. The van der Waals surface area contributed by atoms with Crippen molar-refractivity contribution in [3.8, 4) is 0 Å². The van der Waals surface area contributed by atoms with Crippen LogP contribution < -0.4 is 16.0 Å². The molecule has 0 heterocycles. The molecule has 2 aromatic rings. The number of rotatable bonds is 10. The van der Waals surface area contributed by atoms with Gasteiger partial charge in [-0.3, -0.25) is 14.4 Å². The van der Waals surface area contributed by atoms with Crippen LogP contribution in [0.3, 0.4) is 0 Å². The molecule has 0 aliphatic carbocycles. The van der Waals surface area contributed by atoms with Gasteiger partial charge in [0.25, 0.3) is 0 Å². The fourth-order valence-corrected chi connectivity index (χ4v) is 3.08. The lowest BCUT2D eigenvalue weighted by atomic mass is 10.2. The van der Waals surface area contributed by atoms with Crippen LogP contribution in [0.1, 0.15) is 25.0 Å². The molecule has 0 fully saturated rings. The van der Waals surface area contributed by atoms with Gasteiger partial charge in [-0.2, -0.15) is 50.5 Å². The predicted octanol–water partition coefficient (Wildman–Crippen LogP) is 2.27. The molecule has 2 atom stereocenters. The number of hydrogen-bond donors (Lipinski definition) is 9. The Labute approximate surface area is 252 Å². The highest BCUT2D eigenvalue weighted by molar-refractivity contribution is 7.80. The average molecular weight is 618 g/mol. The lowest BCUT2D eigenvalue weighted by Crippen LogP contribution is -2.47. The third-order valence-corrected chi connectivity index (χ3v) is 5.47. The molecule has 0 radical (unpaired) electrons. The summed E-state index contributed by atoms with van der Waals surface area (Å²) < 4.78 is 0. The number of carbonyl (C=O) groups is 4. The van der Waals surface area contributed by atoms with Crippen LogP contribution in [0.15, 0.2) is 60.7 Å². The fraction of sp³-hybridized carbons (Fsp3) is 0.385. The first-order valence-corrected chi connectivity index (χ1v) is 14.3. The zero-order chi connectivity index (χ0) is 30.1. The first kappa shape index (κ1) is 38.8. The molecule has 0 saturated carbocycles. The van der Waals surface area contributed by atoms with Gasteiger partial charge < -0.3 is 26.2 Å². The smallest absolute Gasteiger partial charge is 0.327 e. The maximum absolute atomic E-state index is 11.7. The minimum atomic E-state index is -1.06. The normalized spacial score (nSPS) is 10.8. The van der Waals surface area contributed by atoms with Gasteiger partial charge in [-0.1, -0.05) is 60.7 Å². The van der Waals surface area contributed by atoms with Crippen molar-refractivity contribution in [1.82, 2.24) is 16.0 Å². The molecule has 9 nitrogen and oxygen atoms in total. The molecule has 0 spiro atoms. The van der Waals surface area contributed by atoms with Crippen LogP contribution in [-0.4, -0.2) is 69.9 Å². The summed E-state index contributed by atoms with van der Waals surface area (Å²) in [4.78, 5) is 43.1. The fourth-order valence-electron chi connectivity index (χ4n) is 2.36. The highest BCUT2D eigenvalue weighted by Gasteiger charge is 2.17. The van der Waals surface area contributed by atoms with Gasteiger partial charge in [0, 0.05) is 43.4 Å². The van der Waals surface area contributed by atoms with Gasteiger partial charge in [0.2, 0.25) is 17.7 Å². The molecule has 2 aromatic carbocycles. The second-order valence-electron chi connectivity index (χ2n) is 7.50. The Balaban J connectivity index is 0. The zero-order valence-electron chi connectivity index (χ0n) is 22.0. The monoisotopic (exact) mass is 617 g/mol. The summed E-state index contributed by atoms with van der Waals surface area (Å²) in [5.74, 6) is -0.0970. The number of carboxylic acids is 1. The number of carbonyl (C=O) groups excluding carboxylic acids is 3. The lowest BCUT2D eigenvalue weighted by Gasteiger charge is -2.15. The van der Waals surface area contributed by atoms with E-state index in [0.717, 1.165) is 11.3 Å². The van der Waals surface area contributed by atoms with Gasteiger partial charge in [-0.15, -0.1) is 0 Å². The van der Waals surface area contributed by atoms with Crippen molar-refractivity contribution in [2.75, 3.05) is 23.9 Å². The van der Waals surface area contributed by atoms with E-state index in [0.29, 0.717) is 12.3 Å². The summed E-state index contributed by atoms with van der Waals surface area (Å²) >= 11 is 15.5. The Morgan fingerprint density at radius 1 is 0.744 bits per heavy atom. The molecular formula is C26H39N3O6S4. The molecule has 0 unspecified atom stereocenters. The van der Waals surface area contributed by atoms with Crippen molar-refractivity contribution < 1.29 is 29.4 Å². The van der Waals surface area contributed by atoms with Crippen molar-refractivity contribution in [3.63, 3.8) is 0 Å². The first-order chi connectivity index (χ1) is 18.6. The second-order valence-corrected chi connectivity index (χ2v) is 9.00. The highest BCUT2D eigenvalue weighted by Crippen LogP contribution is 2.00. The van der Waals surface area contributed by atoms with Crippen molar-refractivity contribution in [1.29, 1.82) is 0 Å². The number of aliphatic carboxylic acids is 1. The quantitative estimate of drug-likeness (QED) is 0.187. The summed E-state index contributed by atoms with van der Waals surface area (Å²) in [5.41, 5.74) is 2.29. The largest absolute Gasteiger partial charge is 0.480 e. The van der Waals surface area contributed by atoms with E-state index in [1.807, 2.05) is 48.5 Å². The molecule has 0 aromatic heterocycles. The van der Waals surface area contributed by atoms with E-state index in [1.165, 1.54) is 19.4 Å². The number of thiol groups is 4. The summed E-state index contributed by atoms with van der Waals surface area (Å²) in [6, 6.07) is 18.3. The molecule has 13 heteroatoms. The Morgan fingerprint density at radius 3 is 1.44 bits per heavy atom. The number of nitrogens with one attached hydrogen (secondary N) is 3. The molecule has 0 saturated heterocycles. The third kappa shape index (κ3) is 23.3. The maximum atomic E-state index is 11.7. The zero-order valence-corrected chi connectivity index (χ0v) is 25.6. The SMILES string of the molecule is CC(=O)N[C@@H](CS)C(=O)NCc1ccccc1.CC(=O)N[C@@H](CS)C(=O)O.OCCS.SCc1ccccc1. The minimum absolute atomic E-state index is 0.106. The number of benzene rings is 2. The first-order valence-electron chi connectivity index (χ1n) is 11.7. The van der Waals surface area contributed by atoms with Crippen LogP contribution in [0, 0.1) is 0 Å². The van der Waals surface area contributed by atoms with Crippen molar-refractivity contribution >= 4 is 74.2 Å². The van der Waals surface area contributed by atoms with Gasteiger partial charge in [-0.25, -0.2) is 4.79 Å². The topological polar surface area (TPSA) is 145 Å². The van der Waals surface area contributed by atoms with Gasteiger partial charge in [0.1, 0.15) is 12.1 Å². The number of aliphatic hydroxyl groups is 1. The second kappa shape index (κ2) is 25.9. The minimum Gasteiger partial charge on any atom is -0.480 e. The predicted molar refractivity (Wildman–Crippen MR) is 169 cm³/mol. The van der Waals surface area contributed by atoms with E-state index in [9.17, 15) is 19.2 Å². The Bertz CT molecular complexity index is 938. The third-order valence-electron chi connectivity index (χ3n) is 4.17. The number of carboxylic acid groups (broad SMARTS) is 1. The van der Waals surface area contributed by atoms with E-state index >= 15 is 0 Å². The van der Waals surface area contributed by atoms with Crippen LogP contribution in [0.4, 0.5) is 0 Å². The summed E-state index contributed by atoms with van der Waals surface area (Å²) in [6.07, 6.45) is 0. The standard InChI is InChI=1S/C12H16N2O2S.C7H8S.C5H9NO3S.C2H6OS/c1-9(15)14-11(8-17)12(16)13-7-10-5-3-2-4-6-10;8-6-7-4-2-1-3-5-7;1-3(7)6-4(2-10)5(8)9;3-1-2-4/h2-6,11,17H,7-8H2,1H3,(H,13,16)(H,14,15);1-5,8H,6H2;4,10H,2H2,1H3,(H,6,7)(H,8,9);3-4H,1-2H2/t11-;;4-;/m0.0./s1. The summed E-state index contributed by atoms with van der Waals surface area (Å²) in [6.45, 7) is 3.27. The Hall–Kier alpha value is -2.32. The molecular weight excluding hydrogens is 579 g/mol. The van der Waals surface area contributed by atoms with E-state index in [2.05, 4.69) is 78.6 Å². The molecule has 2 rings (SSSR count). The number of hydrogen-bond acceptors (Lipinski definition) is 9. The number of amides is 3. The van der Waals surface area contributed by atoms with E-state index in [1.54, 1.807) is 0 Å².